The molecule has 0 spiro atoms. The summed E-state index contributed by atoms with van der Waals surface area (Å²) in [5.41, 5.74) is 1.60. The van der Waals surface area contributed by atoms with Gasteiger partial charge in [-0.25, -0.2) is 0 Å². The van der Waals surface area contributed by atoms with Gasteiger partial charge in [0.2, 0.25) is 11.8 Å². The van der Waals surface area contributed by atoms with Crippen LogP contribution in [0.5, 0.6) is 0 Å². The zero-order valence-corrected chi connectivity index (χ0v) is 13.8. The van der Waals surface area contributed by atoms with E-state index < -0.39 is 5.92 Å². The predicted octanol–water partition coefficient (Wildman–Crippen LogP) is 2.86. The van der Waals surface area contributed by atoms with Crippen LogP contribution in [-0.4, -0.2) is 17.6 Å². The zero-order chi connectivity index (χ0) is 15.6. The molecule has 0 radical (unpaired) electrons. The van der Waals surface area contributed by atoms with Crippen molar-refractivity contribution in [2.24, 2.45) is 23.7 Å². The highest BCUT2D eigenvalue weighted by molar-refractivity contribution is 9.10. The summed E-state index contributed by atoms with van der Waals surface area (Å²) < 4.78 is 0.947. The van der Waals surface area contributed by atoms with E-state index in [0.29, 0.717) is 12.1 Å². The van der Waals surface area contributed by atoms with Gasteiger partial charge in [-0.2, -0.15) is 0 Å². The lowest BCUT2D eigenvalue weighted by atomic mass is 9.59. The number of carbonyl (C=O) groups is 3. The number of aryl methyl sites for hydroxylation is 1. The van der Waals surface area contributed by atoms with E-state index in [0.717, 1.165) is 22.9 Å². The van der Waals surface area contributed by atoms with Crippen molar-refractivity contribution >= 4 is 39.2 Å². The van der Waals surface area contributed by atoms with Gasteiger partial charge in [-0.1, -0.05) is 15.9 Å². The highest BCUT2D eigenvalue weighted by Crippen LogP contribution is 2.52. The van der Waals surface area contributed by atoms with Crippen molar-refractivity contribution in [3.8, 4) is 0 Å². The van der Waals surface area contributed by atoms with Crippen molar-refractivity contribution in [1.29, 1.82) is 0 Å². The van der Waals surface area contributed by atoms with Crippen LogP contribution in [0.2, 0.25) is 0 Å². The first-order chi connectivity index (χ1) is 10.5. The lowest BCUT2D eigenvalue weighted by Gasteiger charge is -2.41. The molecule has 1 heterocycles. The van der Waals surface area contributed by atoms with Gasteiger partial charge in [0.15, 0.2) is 0 Å². The fraction of sp³-hybridized carbons (Fsp3) is 0.471. The second kappa shape index (κ2) is 4.75. The fourth-order valence-electron chi connectivity index (χ4n) is 4.41. The van der Waals surface area contributed by atoms with Crippen molar-refractivity contribution < 1.29 is 14.4 Å². The number of nitrogens with zero attached hydrogens (tertiary/aromatic N) is 1. The first-order valence-electron chi connectivity index (χ1n) is 7.65. The second-order valence-electron chi connectivity index (χ2n) is 6.61. The van der Waals surface area contributed by atoms with Gasteiger partial charge in [-0.15, -0.1) is 0 Å². The minimum Gasteiger partial charge on any atom is -0.299 e. The molecule has 4 aliphatic rings. The van der Waals surface area contributed by atoms with E-state index in [4.69, 9.17) is 0 Å². The maximum atomic E-state index is 12.8. The third-order valence-corrected chi connectivity index (χ3v) is 6.35. The molecular weight excluding hydrogens is 346 g/mol. The van der Waals surface area contributed by atoms with E-state index in [1.807, 2.05) is 19.1 Å². The number of carbonyl (C=O) groups excluding carboxylic acids is 3. The highest BCUT2D eigenvalue weighted by Gasteiger charge is 2.60. The molecule has 2 amide bonds. The van der Waals surface area contributed by atoms with Gasteiger partial charge in [-0.3, -0.25) is 19.3 Å². The van der Waals surface area contributed by atoms with Crippen LogP contribution < -0.4 is 4.90 Å². The topological polar surface area (TPSA) is 54.5 Å². The highest BCUT2D eigenvalue weighted by atomic mass is 79.9. The molecule has 1 aromatic rings. The van der Waals surface area contributed by atoms with E-state index in [-0.39, 0.29) is 35.4 Å². The van der Waals surface area contributed by atoms with E-state index in [2.05, 4.69) is 15.9 Å². The van der Waals surface area contributed by atoms with Gasteiger partial charge >= 0.3 is 0 Å². The molecule has 3 saturated carbocycles. The number of benzene rings is 1. The van der Waals surface area contributed by atoms with Crippen molar-refractivity contribution in [3.05, 3.63) is 28.2 Å². The molecule has 4 unspecified atom stereocenters. The zero-order valence-electron chi connectivity index (χ0n) is 12.2. The number of amides is 2. The second-order valence-corrected chi connectivity index (χ2v) is 7.47. The molecule has 4 fully saturated rings. The number of rotatable bonds is 1. The van der Waals surface area contributed by atoms with Crippen molar-refractivity contribution in [1.82, 2.24) is 0 Å². The van der Waals surface area contributed by atoms with E-state index >= 15 is 0 Å². The van der Waals surface area contributed by atoms with Gasteiger partial charge in [0.25, 0.3) is 0 Å². The summed E-state index contributed by atoms with van der Waals surface area (Å²) in [5.74, 6) is -1.01. The first kappa shape index (κ1) is 14.1. The molecule has 114 valence electrons. The Morgan fingerprint density at radius 1 is 1.09 bits per heavy atom. The summed E-state index contributed by atoms with van der Waals surface area (Å²) in [4.78, 5) is 39.1. The minimum atomic E-state index is -0.420. The molecule has 1 aromatic carbocycles. The molecule has 2 bridgehead atoms. The molecule has 0 N–H and O–H groups in total. The van der Waals surface area contributed by atoms with Crippen molar-refractivity contribution in [2.45, 2.75) is 26.2 Å². The smallest absolute Gasteiger partial charge is 0.238 e. The lowest BCUT2D eigenvalue weighted by molar-refractivity contribution is -0.143. The van der Waals surface area contributed by atoms with Crippen LogP contribution in [0.1, 0.15) is 24.8 Å². The Kier molecular flexibility index (Phi) is 3.05. The Hall–Kier alpha value is -1.49. The van der Waals surface area contributed by atoms with E-state index in [9.17, 15) is 14.4 Å². The van der Waals surface area contributed by atoms with Gasteiger partial charge in [-0.05, 0) is 49.4 Å². The van der Waals surface area contributed by atoms with E-state index in [1.165, 1.54) is 4.90 Å². The van der Waals surface area contributed by atoms with Crippen molar-refractivity contribution in [2.75, 3.05) is 4.90 Å². The van der Waals surface area contributed by atoms with Crippen LogP contribution in [0.15, 0.2) is 22.7 Å². The summed E-state index contributed by atoms with van der Waals surface area (Å²) in [6, 6.07) is 5.49. The molecule has 5 rings (SSSR count). The van der Waals surface area contributed by atoms with Crippen LogP contribution in [0, 0.1) is 30.6 Å². The number of ketones is 1. The summed E-state index contributed by atoms with van der Waals surface area (Å²) in [5, 5.41) is 0. The third kappa shape index (κ3) is 1.78. The van der Waals surface area contributed by atoms with E-state index in [1.54, 1.807) is 6.07 Å². The fourth-order valence-corrected chi connectivity index (χ4v) is 4.65. The van der Waals surface area contributed by atoms with Crippen LogP contribution in [0.4, 0.5) is 5.69 Å². The quantitative estimate of drug-likeness (QED) is 0.722. The third-order valence-electron chi connectivity index (χ3n) is 5.46. The Morgan fingerprint density at radius 3 is 2.50 bits per heavy atom. The number of hydrogen-bond donors (Lipinski definition) is 0. The molecule has 3 aliphatic carbocycles. The Morgan fingerprint density at radius 2 is 1.82 bits per heavy atom. The van der Waals surface area contributed by atoms with Gasteiger partial charge in [0.05, 0.1) is 17.5 Å². The number of hydrogen-bond acceptors (Lipinski definition) is 3. The molecular formula is C17H16BrNO3. The van der Waals surface area contributed by atoms with Gasteiger partial charge in [0.1, 0.15) is 5.78 Å². The summed E-state index contributed by atoms with van der Waals surface area (Å²) in [6.07, 6.45) is 2.12. The van der Waals surface area contributed by atoms with Crippen LogP contribution >= 0.6 is 15.9 Å². The minimum absolute atomic E-state index is 0.0560. The predicted molar refractivity (Wildman–Crippen MR) is 84.2 cm³/mol. The maximum absolute atomic E-state index is 12.8. The number of fused-ring (bicyclic) bond motifs is 2. The summed E-state index contributed by atoms with van der Waals surface area (Å²) >= 11 is 3.43. The molecule has 1 saturated heterocycles. The Bertz CT molecular complexity index is 714. The number of halogens is 1. The summed E-state index contributed by atoms with van der Waals surface area (Å²) in [7, 11) is 0. The Balaban J connectivity index is 1.77. The molecule has 4 atom stereocenters. The first-order valence-corrected chi connectivity index (χ1v) is 8.45. The maximum Gasteiger partial charge on any atom is 0.238 e. The molecule has 1 aliphatic heterocycles. The number of Topliss-reactive ketones (excluding diaryl/α,β-unsaturated/α-hetero) is 1. The molecule has 4 nitrogen and oxygen atoms in total. The van der Waals surface area contributed by atoms with Crippen LogP contribution in [0.25, 0.3) is 0 Å². The van der Waals surface area contributed by atoms with Crippen molar-refractivity contribution in [3.63, 3.8) is 0 Å². The van der Waals surface area contributed by atoms with Gasteiger partial charge in [0, 0.05) is 16.8 Å². The van der Waals surface area contributed by atoms with Crippen LogP contribution in [0.3, 0.4) is 0 Å². The van der Waals surface area contributed by atoms with Gasteiger partial charge < -0.3 is 0 Å². The number of anilines is 1. The Labute approximate surface area is 137 Å². The SMILES string of the molecule is Cc1cc(N2C(=O)C3C4CCC(C(=O)C4)C3C2=O)ccc1Br. The summed E-state index contributed by atoms with van der Waals surface area (Å²) in [6.45, 7) is 1.93. The van der Waals surface area contributed by atoms with Crippen LogP contribution in [-0.2, 0) is 14.4 Å². The average molecular weight is 362 g/mol. The normalized spacial score (nSPS) is 33.5. The lowest BCUT2D eigenvalue weighted by Crippen LogP contribution is -2.46. The largest absolute Gasteiger partial charge is 0.299 e. The monoisotopic (exact) mass is 361 g/mol. The molecule has 22 heavy (non-hydrogen) atoms. The average Bonchev–Trinajstić information content (AvgIpc) is 2.76. The molecule has 5 heteroatoms. The number of imide groups is 1. The molecule has 0 aromatic heterocycles. The standard InChI is InChI=1S/C17H16BrNO3/c1-8-6-10(3-5-12(8)18)19-16(21)14-9-2-4-11(13(20)7-9)15(14)17(19)22/h3,5-6,9,11,14-15H,2,4,7H2,1H3.